The van der Waals surface area contributed by atoms with Crippen LogP contribution >= 0.6 is 11.6 Å². The Morgan fingerprint density at radius 1 is 1.20 bits per heavy atom. The molecule has 0 radical (unpaired) electrons. The van der Waals surface area contributed by atoms with Crippen LogP contribution in [0.2, 0.25) is 5.02 Å². The first-order chi connectivity index (χ1) is 11.7. The van der Waals surface area contributed by atoms with Crippen molar-refractivity contribution in [2.24, 2.45) is 0 Å². The van der Waals surface area contributed by atoms with Gasteiger partial charge in [-0.15, -0.1) is 0 Å². The van der Waals surface area contributed by atoms with E-state index in [2.05, 4.69) is 0 Å². The largest absolute Gasteiger partial charge is 0.460 e. The Kier molecular flexibility index (Phi) is 6.16. The third-order valence-electron chi connectivity index (χ3n) is 3.48. The summed E-state index contributed by atoms with van der Waals surface area (Å²) in [5.41, 5.74) is 1.36. The Hall–Kier alpha value is -1.96. The number of rotatable bonds is 6. The predicted octanol–water partition coefficient (Wildman–Crippen LogP) is 3.15. The van der Waals surface area contributed by atoms with Crippen molar-refractivity contribution in [1.82, 2.24) is 4.31 Å². The number of hydrogen-bond acceptors (Lipinski definition) is 4. The zero-order valence-electron chi connectivity index (χ0n) is 13.7. The molecule has 0 saturated heterocycles. The zero-order chi connectivity index (χ0) is 18.6. The minimum Gasteiger partial charge on any atom is -0.460 e. The SMILES string of the molecule is Cc1ccc(S(=O)(=O)N(C)CC(=O)OCc2ccc(F)cc2Cl)cc1. The van der Waals surface area contributed by atoms with E-state index in [9.17, 15) is 17.6 Å². The van der Waals surface area contributed by atoms with E-state index in [0.29, 0.717) is 5.56 Å². The maximum Gasteiger partial charge on any atom is 0.321 e. The summed E-state index contributed by atoms with van der Waals surface area (Å²) in [5.74, 6) is -1.23. The van der Waals surface area contributed by atoms with Crippen molar-refractivity contribution in [2.75, 3.05) is 13.6 Å². The summed E-state index contributed by atoms with van der Waals surface area (Å²) in [6.07, 6.45) is 0. The molecule has 0 bridgehead atoms. The minimum absolute atomic E-state index is 0.0926. The number of sulfonamides is 1. The number of nitrogens with zero attached hydrogens (tertiary/aromatic N) is 1. The lowest BCUT2D eigenvalue weighted by molar-refractivity contribution is -0.144. The summed E-state index contributed by atoms with van der Waals surface area (Å²) in [5, 5.41) is 0.133. The molecule has 2 aromatic rings. The highest BCUT2D eigenvalue weighted by Crippen LogP contribution is 2.18. The Labute approximate surface area is 151 Å². The van der Waals surface area contributed by atoms with Gasteiger partial charge in [-0.05, 0) is 31.2 Å². The number of ether oxygens (including phenoxy) is 1. The van der Waals surface area contributed by atoms with Crippen LogP contribution in [0.25, 0.3) is 0 Å². The molecule has 0 aliphatic rings. The molecule has 0 atom stereocenters. The smallest absolute Gasteiger partial charge is 0.321 e. The van der Waals surface area contributed by atoms with Crippen LogP contribution in [0, 0.1) is 12.7 Å². The standard InChI is InChI=1S/C17H17ClFNO4S/c1-12-3-7-15(8-4-12)25(22,23)20(2)10-17(21)24-11-13-5-6-14(19)9-16(13)18/h3-9H,10-11H2,1-2H3. The second-order valence-electron chi connectivity index (χ2n) is 5.47. The van der Waals surface area contributed by atoms with Gasteiger partial charge in [0.05, 0.1) is 9.92 Å². The lowest BCUT2D eigenvalue weighted by Gasteiger charge is -2.16. The Balaban J connectivity index is 1.98. The molecular formula is C17H17ClFNO4S. The summed E-state index contributed by atoms with van der Waals surface area (Å²) in [7, 11) is -2.50. The highest BCUT2D eigenvalue weighted by atomic mass is 35.5. The monoisotopic (exact) mass is 385 g/mol. The van der Waals surface area contributed by atoms with E-state index in [1.165, 1.54) is 31.3 Å². The maximum absolute atomic E-state index is 13.0. The summed E-state index contributed by atoms with van der Waals surface area (Å²) in [4.78, 5) is 12.0. The van der Waals surface area contributed by atoms with E-state index in [1.54, 1.807) is 12.1 Å². The molecule has 134 valence electrons. The van der Waals surface area contributed by atoms with E-state index in [1.807, 2.05) is 6.92 Å². The van der Waals surface area contributed by atoms with E-state index in [4.69, 9.17) is 16.3 Å². The fourth-order valence-electron chi connectivity index (χ4n) is 2.00. The first-order valence-electron chi connectivity index (χ1n) is 7.32. The van der Waals surface area contributed by atoms with Crippen molar-refractivity contribution < 1.29 is 22.3 Å². The zero-order valence-corrected chi connectivity index (χ0v) is 15.3. The van der Waals surface area contributed by atoms with Gasteiger partial charge in [-0.3, -0.25) is 4.79 Å². The first kappa shape index (κ1) is 19.4. The third-order valence-corrected chi connectivity index (χ3v) is 5.65. The number of esters is 1. The summed E-state index contributed by atoms with van der Waals surface area (Å²) in [6, 6.07) is 10.0. The molecule has 0 heterocycles. The van der Waals surface area contributed by atoms with E-state index in [-0.39, 0.29) is 16.5 Å². The van der Waals surface area contributed by atoms with Crippen LogP contribution in [-0.4, -0.2) is 32.3 Å². The van der Waals surface area contributed by atoms with Crippen LogP contribution in [0.5, 0.6) is 0 Å². The Bertz CT molecular complexity index is 869. The normalized spacial score (nSPS) is 11.6. The number of hydrogen-bond donors (Lipinski definition) is 0. The molecule has 0 aliphatic carbocycles. The van der Waals surface area contributed by atoms with Gasteiger partial charge in [-0.1, -0.05) is 35.4 Å². The summed E-state index contributed by atoms with van der Waals surface area (Å²) in [6.45, 7) is 1.23. The molecule has 0 amide bonds. The van der Waals surface area contributed by atoms with Crippen molar-refractivity contribution >= 4 is 27.6 Å². The molecule has 5 nitrogen and oxygen atoms in total. The van der Waals surface area contributed by atoms with Crippen LogP contribution in [0.3, 0.4) is 0 Å². The number of aryl methyl sites for hydroxylation is 1. The molecular weight excluding hydrogens is 369 g/mol. The van der Waals surface area contributed by atoms with E-state index >= 15 is 0 Å². The van der Waals surface area contributed by atoms with Crippen molar-refractivity contribution in [3.05, 3.63) is 64.4 Å². The lowest BCUT2D eigenvalue weighted by atomic mass is 10.2. The highest BCUT2D eigenvalue weighted by Gasteiger charge is 2.23. The van der Waals surface area contributed by atoms with Crippen LogP contribution in [0.1, 0.15) is 11.1 Å². The van der Waals surface area contributed by atoms with Crippen LogP contribution in [0.15, 0.2) is 47.4 Å². The fourth-order valence-corrected chi connectivity index (χ4v) is 3.34. The minimum atomic E-state index is -3.79. The lowest BCUT2D eigenvalue weighted by Crippen LogP contribution is -2.33. The molecule has 2 rings (SSSR count). The second-order valence-corrected chi connectivity index (χ2v) is 7.92. The molecule has 25 heavy (non-hydrogen) atoms. The highest BCUT2D eigenvalue weighted by molar-refractivity contribution is 7.89. The molecule has 0 N–H and O–H groups in total. The third kappa shape index (κ3) is 5.01. The van der Waals surface area contributed by atoms with Gasteiger partial charge in [-0.25, -0.2) is 12.8 Å². The van der Waals surface area contributed by atoms with Gasteiger partial charge in [0.25, 0.3) is 0 Å². The molecule has 0 unspecified atom stereocenters. The number of carbonyl (C=O) groups excluding carboxylic acids is 1. The Morgan fingerprint density at radius 3 is 2.44 bits per heavy atom. The molecule has 0 spiro atoms. The molecule has 0 fully saturated rings. The van der Waals surface area contributed by atoms with Crippen LogP contribution < -0.4 is 0 Å². The van der Waals surface area contributed by atoms with Gasteiger partial charge in [0.2, 0.25) is 10.0 Å². The van der Waals surface area contributed by atoms with Gasteiger partial charge in [0.1, 0.15) is 19.0 Å². The van der Waals surface area contributed by atoms with Crippen LogP contribution in [-0.2, 0) is 26.2 Å². The molecule has 0 aliphatic heterocycles. The molecule has 0 saturated carbocycles. The van der Waals surface area contributed by atoms with Gasteiger partial charge < -0.3 is 4.74 Å². The summed E-state index contributed by atoms with van der Waals surface area (Å²) < 4.78 is 43.7. The maximum atomic E-state index is 13.0. The summed E-state index contributed by atoms with van der Waals surface area (Å²) >= 11 is 5.85. The van der Waals surface area contributed by atoms with Gasteiger partial charge in [0, 0.05) is 12.6 Å². The number of carbonyl (C=O) groups is 1. The van der Waals surface area contributed by atoms with Gasteiger partial charge in [-0.2, -0.15) is 4.31 Å². The second kappa shape index (κ2) is 7.95. The molecule has 2 aromatic carbocycles. The van der Waals surface area contributed by atoms with Crippen LogP contribution in [0.4, 0.5) is 4.39 Å². The topological polar surface area (TPSA) is 63.7 Å². The van der Waals surface area contributed by atoms with Crippen molar-refractivity contribution in [2.45, 2.75) is 18.4 Å². The average molecular weight is 386 g/mol. The quantitative estimate of drug-likeness (QED) is 0.716. The van der Waals surface area contributed by atoms with E-state index in [0.717, 1.165) is 15.9 Å². The van der Waals surface area contributed by atoms with Crippen molar-refractivity contribution in [3.63, 3.8) is 0 Å². The molecule has 0 aromatic heterocycles. The predicted molar refractivity (Wildman–Crippen MR) is 92.2 cm³/mol. The van der Waals surface area contributed by atoms with Crippen molar-refractivity contribution in [3.8, 4) is 0 Å². The first-order valence-corrected chi connectivity index (χ1v) is 9.14. The number of likely N-dealkylation sites (N-methyl/N-ethyl adjacent to an activating group) is 1. The fraction of sp³-hybridized carbons (Fsp3) is 0.235. The van der Waals surface area contributed by atoms with E-state index < -0.39 is 28.4 Å². The van der Waals surface area contributed by atoms with Gasteiger partial charge >= 0.3 is 5.97 Å². The number of halogens is 2. The average Bonchev–Trinajstić information content (AvgIpc) is 2.54. The molecule has 8 heteroatoms. The Morgan fingerprint density at radius 2 is 1.84 bits per heavy atom. The number of benzene rings is 2. The van der Waals surface area contributed by atoms with Gasteiger partial charge in [0.15, 0.2) is 0 Å². The van der Waals surface area contributed by atoms with Crippen molar-refractivity contribution in [1.29, 1.82) is 0 Å².